The standard InChI is InChI=1S/C28H21NO4S/c30-19-23-17-24(33-20-21-9-3-1-4-10-21)15-16-26(23)28-18-22-11-7-8-14-27(22)29(28)34(31,32)25-12-5-2-6-13-25/h1-19H,20H2. The van der Waals surface area contributed by atoms with Crippen LogP contribution in [0.5, 0.6) is 5.75 Å². The molecule has 0 fully saturated rings. The van der Waals surface area contributed by atoms with Gasteiger partial charge in [-0.25, -0.2) is 12.4 Å². The van der Waals surface area contributed by atoms with Crippen LogP contribution in [0.3, 0.4) is 0 Å². The summed E-state index contributed by atoms with van der Waals surface area (Å²) in [4.78, 5) is 12.2. The molecule has 5 nitrogen and oxygen atoms in total. The summed E-state index contributed by atoms with van der Waals surface area (Å²) in [5.74, 6) is 0.531. The van der Waals surface area contributed by atoms with Crippen LogP contribution in [0.15, 0.2) is 114 Å². The van der Waals surface area contributed by atoms with E-state index in [4.69, 9.17) is 4.74 Å². The molecule has 0 spiro atoms. The van der Waals surface area contributed by atoms with E-state index in [9.17, 15) is 13.2 Å². The summed E-state index contributed by atoms with van der Waals surface area (Å²) in [5, 5.41) is 0.762. The summed E-state index contributed by atoms with van der Waals surface area (Å²) in [6.07, 6.45) is 0.724. The molecule has 0 saturated heterocycles. The average Bonchev–Trinajstić information content (AvgIpc) is 3.28. The van der Waals surface area contributed by atoms with Crippen molar-refractivity contribution in [3.8, 4) is 17.0 Å². The fraction of sp³-hybridized carbons (Fsp3) is 0.0357. The van der Waals surface area contributed by atoms with E-state index in [1.807, 2.05) is 42.5 Å². The highest BCUT2D eigenvalue weighted by Gasteiger charge is 2.25. The number of carbonyl (C=O) groups is 1. The van der Waals surface area contributed by atoms with Crippen molar-refractivity contribution in [2.75, 3.05) is 0 Å². The molecular weight excluding hydrogens is 446 g/mol. The van der Waals surface area contributed by atoms with E-state index < -0.39 is 10.0 Å². The Hall–Kier alpha value is -4.16. The minimum Gasteiger partial charge on any atom is -0.489 e. The van der Waals surface area contributed by atoms with Crippen LogP contribution >= 0.6 is 0 Å². The van der Waals surface area contributed by atoms with Gasteiger partial charge in [0.05, 0.1) is 16.1 Å². The van der Waals surface area contributed by atoms with Gasteiger partial charge in [0.1, 0.15) is 12.4 Å². The molecule has 0 unspecified atom stereocenters. The van der Waals surface area contributed by atoms with E-state index in [0.29, 0.717) is 34.7 Å². The van der Waals surface area contributed by atoms with Crippen LogP contribution in [-0.2, 0) is 16.6 Å². The molecule has 5 aromatic rings. The minimum atomic E-state index is -3.91. The van der Waals surface area contributed by atoms with Crippen molar-refractivity contribution < 1.29 is 17.9 Å². The van der Waals surface area contributed by atoms with Gasteiger partial charge >= 0.3 is 0 Å². The van der Waals surface area contributed by atoms with Crippen molar-refractivity contribution in [1.82, 2.24) is 3.97 Å². The lowest BCUT2D eigenvalue weighted by atomic mass is 10.0. The Morgan fingerprint density at radius 3 is 2.18 bits per heavy atom. The fourth-order valence-corrected chi connectivity index (χ4v) is 5.52. The SMILES string of the molecule is O=Cc1cc(OCc2ccccc2)ccc1-c1cc2ccccc2n1S(=O)(=O)c1ccccc1. The molecule has 0 atom stereocenters. The lowest BCUT2D eigenvalue weighted by molar-refractivity contribution is 0.112. The van der Waals surface area contributed by atoms with Crippen LogP contribution in [0.2, 0.25) is 0 Å². The average molecular weight is 468 g/mol. The van der Waals surface area contributed by atoms with Crippen LogP contribution in [-0.4, -0.2) is 18.7 Å². The Labute approximate surface area is 197 Å². The number of rotatable bonds is 7. The number of aromatic nitrogens is 1. The number of fused-ring (bicyclic) bond motifs is 1. The molecule has 0 bridgehead atoms. The van der Waals surface area contributed by atoms with Gasteiger partial charge in [-0.15, -0.1) is 0 Å². The number of para-hydroxylation sites is 1. The lowest BCUT2D eigenvalue weighted by Crippen LogP contribution is -2.14. The first-order valence-electron chi connectivity index (χ1n) is 10.8. The maximum absolute atomic E-state index is 13.7. The van der Waals surface area contributed by atoms with E-state index in [1.54, 1.807) is 66.7 Å². The molecular formula is C28H21NO4S. The molecule has 0 aliphatic rings. The van der Waals surface area contributed by atoms with Crippen LogP contribution in [0, 0.1) is 0 Å². The third kappa shape index (κ3) is 4.00. The van der Waals surface area contributed by atoms with Crippen molar-refractivity contribution in [1.29, 1.82) is 0 Å². The molecule has 0 amide bonds. The highest BCUT2D eigenvalue weighted by molar-refractivity contribution is 7.90. The quantitative estimate of drug-likeness (QED) is 0.278. The monoisotopic (exact) mass is 467 g/mol. The van der Waals surface area contributed by atoms with Gasteiger partial charge in [0, 0.05) is 16.5 Å². The summed E-state index contributed by atoms with van der Waals surface area (Å²) < 4.78 is 34.5. The van der Waals surface area contributed by atoms with Crippen molar-refractivity contribution in [3.05, 3.63) is 120 Å². The second kappa shape index (κ2) is 9.00. The van der Waals surface area contributed by atoms with Gasteiger partial charge in [-0.3, -0.25) is 4.79 Å². The molecule has 0 N–H and O–H groups in total. The Morgan fingerprint density at radius 2 is 1.44 bits per heavy atom. The topological polar surface area (TPSA) is 65.4 Å². The number of hydrogen-bond donors (Lipinski definition) is 0. The van der Waals surface area contributed by atoms with E-state index in [0.717, 1.165) is 17.2 Å². The van der Waals surface area contributed by atoms with Gasteiger partial charge in [-0.2, -0.15) is 0 Å². The van der Waals surface area contributed by atoms with E-state index in [1.165, 1.54) is 3.97 Å². The van der Waals surface area contributed by atoms with Crippen molar-refractivity contribution >= 4 is 27.2 Å². The van der Waals surface area contributed by atoms with Gasteiger partial charge < -0.3 is 4.74 Å². The third-order valence-electron chi connectivity index (χ3n) is 5.62. The van der Waals surface area contributed by atoms with Gasteiger partial charge in [-0.1, -0.05) is 66.7 Å². The zero-order valence-electron chi connectivity index (χ0n) is 18.2. The van der Waals surface area contributed by atoms with Crippen LogP contribution in [0.25, 0.3) is 22.2 Å². The van der Waals surface area contributed by atoms with Gasteiger partial charge in [-0.05, 0) is 48.0 Å². The zero-order valence-corrected chi connectivity index (χ0v) is 19.0. The molecule has 1 heterocycles. The second-order valence-electron chi connectivity index (χ2n) is 7.81. The maximum Gasteiger partial charge on any atom is 0.268 e. The second-order valence-corrected chi connectivity index (χ2v) is 9.60. The third-order valence-corrected chi connectivity index (χ3v) is 7.36. The molecule has 5 rings (SSSR count). The predicted molar refractivity (Wildman–Crippen MR) is 133 cm³/mol. The number of aldehydes is 1. The Balaban J connectivity index is 1.62. The van der Waals surface area contributed by atoms with Crippen molar-refractivity contribution in [2.45, 2.75) is 11.5 Å². The molecule has 1 aromatic heterocycles. The van der Waals surface area contributed by atoms with Gasteiger partial charge in [0.15, 0.2) is 6.29 Å². The predicted octanol–water partition coefficient (Wildman–Crippen LogP) is 5.94. The number of nitrogens with zero attached hydrogens (tertiary/aromatic N) is 1. The van der Waals surface area contributed by atoms with Crippen molar-refractivity contribution in [3.63, 3.8) is 0 Å². The summed E-state index contributed by atoms with van der Waals surface area (Å²) >= 11 is 0. The summed E-state index contributed by atoms with van der Waals surface area (Å²) in [5.41, 5.74) is 2.83. The lowest BCUT2D eigenvalue weighted by Gasteiger charge is -2.14. The zero-order chi connectivity index (χ0) is 23.5. The smallest absolute Gasteiger partial charge is 0.268 e. The normalized spacial score (nSPS) is 11.4. The first-order valence-corrected chi connectivity index (χ1v) is 12.2. The summed E-state index contributed by atoms with van der Waals surface area (Å²) in [7, 11) is -3.91. The maximum atomic E-state index is 13.7. The van der Waals surface area contributed by atoms with E-state index in [-0.39, 0.29) is 4.90 Å². The Morgan fingerprint density at radius 1 is 0.765 bits per heavy atom. The highest BCUT2D eigenvalue weighted by Crippen LogP contribution is 2.35. The summed E-state index contributed by atoms with van der Waals surface area (Å²) in [6, 6.07) is 32.2. The number of carbonyl (C=O) groups excluding carboxylic acids is 1. The van der Waals surface area contributed by atoms with Gasteiger partial charge in [0.25, 0.3) is 10.0 Å². The minimum absolute atomic E-state index is 0.174. The molecule has 0 aliphatic heterocycles. The largest absolute Gasteiger partial charge is 0.489 e. The van der Waals surface area contributed by atoms with Gasteiger partial charge in [0.2, 0.25) is 0 Å². The first kappa shape index (κ1) is 21.7. The van der Waals surface area contributed by atoms with E-state index >= 15 is 0 Å². The summed E-state index contributed by atoms with van der Waals surface area (Å²) in [6.45, 7) is 0.362. The highest BCUT2D eigenvalue weighted by atomic mass is 32.2. The van der Waals surface area contributed by atoms with E-state index in [2.05, 4.69) is 0 Å². The van der Waals surface area contributed by atoms with Crippen molar-refractivity contribution in [2.24, 2.45) is 0 Å². The Bertz CT molecular complexity index is 1570. The molecule has 4 aromatic carbocycles. The molecule has 34 heavy (non-hydrogen) atoms. The van der Waals surface area contributed by atoms with Crippen LogP contribution in [0.1, 0.15) is 15.9 Å². The molecule has 168 valence electrons. The Kier molecular flexibility index (Phi) is 5.74. The van der Waals surface area contributed by atoms with Crippen LogP contribution < -0.4 is 4.74 Å². The first-order chi connectivity index (χ1) is 16.6. The molecule has 6 heteroatoms. The number of hydrogen-bond acceptors (Lipinski definition) is 4. The number of ether oxygens (including phenoxy) is 1. The van der Waals surface area contributed by atoms with Crippen LogP contribution in [0.4, 0.5) is 0 Å². The fourth-order valence-electron chi connectivity index (χ4n) is 3.98. The number of benzene rings is 4. The molecule has 0 aliphatic carbocycles. The molecule has 0 radical (unpaired) electrons. The molecule has 0 saturated carbocycles.